The number of hydrogen-bond acceptors (Lipinski definition) is 7. The summed E-state index contributed by atoms with van der Waals surface area (Å²) in [6.45, 7) is 4.21. The minimum Gasteiger partial charge on any atom is -0.497 e. The van der Waals surface area contributed by atoms with Crippen molar-refractivity contribution >= 4 is 34.9 Å². The number of benzene rings is 2. The number of guanidine groups is 1. The number of anilines is 2. The molecular weight excluding hydrogens is 452 g/mol. The molecule has 2 aromatic carbocycles. The number of hydrogen-bond donors (Lipinski definition) is 3. The van der Waals surface area contributed by atoms with Crippen molar-refractivity contribution in [1.82, 2.24) is 15.3 Å². The number of rotatable bonds is 7. The first-order valence-electron chi connectivity index (χ1n) is 10.5. The molecule has 0 radical (unpaired) electrons. The van der Waals surface area contributed by atoms with Crippen LogP contribution in [-0.4, -0.2) is 42.4 Å². The lowest BCUT2D eigenvalue weighted by Crippen LogP contribution is -2.39. The zero-order valence-corrected chi connectivity index (χ0v) is 20.6. The molecule has 0 atom stereocenters. The number of thiocarbonyl (C=S) groups is 1. The van der Waals surface area contributed by atoms with Crippen LogP contribution in [0, 0.1) is 13.8 Å². The number of aryl methyl sites for hydroxylation is 2. The highest BCUT2D eigenvalue weighted by Gasteiger charge is 2.11. The molecule has 0 aliphatic rings. The first-order chi connectivity index (χ1) is 16.4. The molecular formula is C24H28N6O3S. The van der Waals surface area contributed by atoms with Gasteiger partial charge in [0, 0.05) is 17.5 Å². The van der Waals surface area contributed by atoms with Crippen molar-refractivity contribution in [3.05, 3.63) is 65.5 Å². The predicted octanol–water partition coefficient (Wildman–Crippen LogP) is 4.07. The van der Waals surface area contributed by atoms with Crippen LogP contribution in [-0.2, 0) is 6.54 Å². The normalized spacial score (nSPS) is 10.9. The summed E-state index contributed by atoms with van der Waals surface area (Å²) in [6.07, 6.45) is 0. The Morgan fingerprint density at radius 3 is 2.12 bits per heavy atom. The summed E-state index contributed by atoms with van der Waals surface area (Å²) in [5.74, 6) is 2.87. The van der Waals surface area contributed by atoms with Crippen LogP contribution in [0.5, 0.6) is 17.2 Å². The maximum absolute atomic E-state index is 5.53. The standard InChI is InChI=1S/C24H28N6O3S/c1-15-12-16(2)27-23(26-15)29-22(25-14-17-6-8-18(31-3)9-7-17)30-24(34)28-20-13-19(32-4)10-11-21(20)33-5/h6-13H,14H2,1-5H3,(H3,25,26,27,28,29,30,34). The van der Waals surface area contributed by atoms with Gasteiger partial charge in [-0.2, -0.15) is 0 Å². The monoisotopic (exact) mass is 480 g/mol. The molecule has 0 saturated carbocycles. The second-order valence-corrected chi connectivity index (χ2v) is 7.67. The molecule has 0 aliphatic carbocycles. The topological polar surface area (TPSA) is 102 Å². The summed E-state index contributed by atoms with van der Waals surface area (Å²) in [6, 6.07) is 15.0. The summed E-state index contributed by atoms with van der Waals surface area (Å²) >= 11 is 5.53. The highest BCUT2D eigenvalue weighted by molar-refractivity contribution is 7.80. The number of methoxy groups -OCH3 is 3. The van der Waals surface area contributed by atoms with E-state index >= 15 is 0 Å². The van der Waals surface area contributed by atoms with Crippen LogP contribution >= 0.6 is 12.2 Å². The highest BCUT2D eigenvalue weighted by atomic mass is 32.1. The summed E-state index contributed by atoms with van der Waals surface area (Å²) in [5, 5.41) is 9.65. The molecule has 0 fully saturated rings. The Hall–Kier alpha value is -3.92. The van der Waals surface area contributed by atoms with Gasteiger partial charge in [-0.05, 0) is 62.0 Å². The predicted molar refractivity (Wildman–Crippen MR) is 138 cm³/mol. The summed E-state index contributed by atoms with van der Waals surface area (Å²) in [5.41, 5.74) is 3.32. The van der Waals surface area contributed by atoms with Crippen molar-refractivity contribution < 1.29 is 14.2 Å². The summed E-state index contributed by atoms with van der Waals surface area (Å²) < 4.78 is 15.9. The van der Waals surface area contributed by atoms with Crippen molar-refractivity contribution in [3.8, 4) is 17.2 Å². The van der Waals surface area contributed by atoms with Crippen molar-refractivity contribution in [1.29, 1.82) is 0 Å². The van der Waals surface area contributed by atoms with Gasteiger partial charge >= 0.3 is 0 Å². The van der Waals surface area contributed by atoms with Crippen LogP contribution in [0.1, 0.15) is 17.0 Å². The first kappa shape index (κ1) is 24.7. The smallest absolute Gasteiger partial charge is 0.229 e. The quantitative estimate of drug-likeness (QED) is 0.262. The molecule has 0 bridgehead atoms. The Morgan fingerprint density at radius 2 is 1.50 bits per heavy atom. The fraction of sp³-hybridized carbons (Fsp3) is 0.250. The van der Waals surface area contributed by atoms with Gasteiger partial charge in [0.05, 0.1) is 33.6 Å². The van der Waals surface area contributed by atoms with Gasteiger partial charge < -0.3 is 24.8 Å². The molecule has 34 heavy (non-hydrogen) atoms. The van der Waals surface area contributed by atoms with E-state index < -0.39 is 0 Å². The van der Waals surface area contributed by atoms with Crippen LogP contribution < -0.4 is 30.2 Å². The van der Waals surface area contributed by atoms with Crippen molar-refractivity contribution in [2.24, 2.45) is 4.99 Å². The molecule has 3 rings (SSSR count). The number of nitrogens with one attached hydrogen (secondary N) is 3. The SMILES string of the molecule is COc1ccc(CN=C(NC(=S)Nc2cc(OC)ccc2OC)Nc2nc(C)cc(C)n2)cc1. The lowest BCUT2D eigenvalue weighted by Gasteiger charge is -2.16. The Morgan fingerprint density at radius 1 is 0.853 bits per heavy atom. The average Bonchev–Trinajstić information content (AvgIpc) is 2.82. The molecule has 3 N–H and O–H groups in total. The van der Waals surface area contributed by atoms with Gasteiger partial charge in [-0.25, -0.2) is 15.0 Å². The number of ether oxygens (including phenoxy) is 3. The molecule has 9 nitrogen and oxygen atoms in total. The molecule has 0 unspecified atom stereocenters. The van der Waals surface area contributed by atoms with E-state index in [9.17, 15) is 0 Å². The van der Waals surface area contributed by atoms with E-state index in [4.69, 9.17) is 26.4 Å². The maximum Gasteiger partial charge on any atom is 0.229 e. The first-order valence-corrected chi connectivity index (χ1v) is 10.9. The molecule has 1 aromatic heterocycles. The summed E-state index contributed by atoms with van der Waals surface area (Å²) in [4.78, 5) is 13.5. The zero-order chi connectivity index (χ0) is 24.5. The average molecular weight is 481 g/mol. The Bertz CT molecular complexity index is 1150. The Balaban J connectivity index is 1.81. The van der Waals surface area contributed by atoms with Crippen LogP contribution in [0.25, 0.3) is 0 Å². The van der Waals surface area contributed by atoms with Crippen LogP contribution in [0.2, 0.25) is 0 Å². The van der Waals surface area contributed by atoms with Crippen LogP contribution in [0.4, 0.5) is 11.6 Å². The van der Waals surface area contributed by atoms with E-state index in [1.807, 2.05) is 44.2 Å². The van der Waals surface area contributed by atoms with Gasteiger partial charge in [0.1, 0.15) is 17.2 Å². The third-order valence-electron chi connectivity index (χ3n) is 4.68. The minimum atomic E-state index is 0.303. The van der Waals surface area contributed by atoms with Gasteiger partial charge in [0.15, 0.2) is 5.11 Å². The zero-order valence-electron chi connectivity index (χ0n) is 19.8. The molecule has 178 valence electrons. The van der Waals surface area contributed by atoms with Gasteiger partial charge in [-0.15, -0.1) is 0 Å². The van der Waals surface area contributed by atoms with Crippen molar-refractivity contribution in [3.63, 3.8) is 0 Å². The fourth-order valence-corrected chi connectivity index (χ4v) is 3.28. The molecule has 0 amide bonds. The lowest BCUT2D eigenvalue weighted by atomic mass is 10.2. The van der Waals surface area contributed by atoms with Crippen LogP contribution in [0.3, 0.4) is 0 Å². The van der Waals surface area contributed by atoms with Gasteiger partial charge in [0.25, 0.3) is 0 Å². The van der Waals surface area contributed by atoms with E-state index in [0.29, 0.717) is 40.8 Å². The number of aromatic nitrogens is 2. The van der Waals surface area contributed by atoms with Crippen LogP contribution in [0.15, 0.2) is 53.5 Å². The number of nitrogens with zero attached hydrogens (tertiary/aromatic N) is 3. The molecule has 0 saturated heterocycles. The Labute approximate surface area is 204 Å². The third-order valence-corrected chi connectivity index (χ3v) is 4.88. The van der Waals surface area contributed by atoms with Gasteiger partial charge in [0.2, 0.25) is 11.9 Å². The molecule has 10 heteroatoms. The van der Waals surface area contributed by atoms with E-state index in [2.05, 4.69) is 30.9 Å². The van der Waals surface area contributed by atoms with E-state index in [-0.39, 0.29) is 0 Å². The van der Waals surface area contributed by atoms with Crippen molar-refractivity contribution in [2.75, 3.05) is 32.0 Å². The molecule has 1 heterocycles. The summed E-state index contributed by atoms with van der Waals surface area (Å²) in [7, 11) is 4.82. The minimum absolute atomic E-state index is 0.303. The van der Waals surface area contributed by atoms with E-state index in [1.54, 1.807) is 39.5 Å². The molecule has 3 aromatic rings. The largest absolute Gasteiger partial charge is 0.497 e. The Kier molecular flexibility index (Phi) is 8.58. The third kappa shape index (κ3) is 7.04. The number of aliphatic imine (C=N–C) groups is 1. The van der Waals surface area contributed by atoms with Gasteiger partial charge in [-0.1, -0.05) is 12.1 Å². The van der Waals surface area contributed by atoms with E-state index in [0.717, 1.165) is 22.7 Å². The lowest BCUT2D eigenvalue weighted by molar-refractivity contribution is 0.405. The maximum atomic E-state index is 5.53. The fourth-order valence-electron chi connectivity index (χ4n) is 3.07. The molecule has 0 spiro atoms. The second kappa shape index (κ2) is 11.8. The van der Waals surface area contributed by atoms with Crippen molar-refractivity contribution in [2.45, 2.75) is 20.4 Å². The van der Waals surface area contributed by atoms with E-state index in [1.165, 1.54) is 0 Å². The second-order valence-electron chi connectivity index (χ2n) is 7.26. The highest BCUT2D eigenvalue weighted by Crippen LogP contribution is 2.28. The van der Waals surface area contributed by atoms with Gasteiger partial charge in [-0.3, -0.25) is 5.32 Å². The molecule has 0 aliphatic heterocycles.